The van der Waals surface area contributed by atoms with Crippen LogP contribution in [0.15, 0.2) is 48.5 Å². The zero-order chi connectivity index (χ0) is 19.9. The molecule has 6 heteroatoms. The third kappa shape index (κ3) is 4.63. The Morgan fingerprint density at radius 1 is 1.14 bits per heavy atom. The minimum atomic E-state index is -0.388. The molecular formula is C22H22N2O4. The fourth-order valence-corrected chi connectivity index (χ4v) is 3.01. The van der Waals surface area contributed by atoms with Crippen molar-refractivity contribution in [2.24, 2.45) is 5.92 Å². The molecule has 2 aromatic carbocycles. The van der Waals surface area contributed by atoms with Gasteiger partial charge in [-0.1, -0.05) is 17.9 Å². The highest BCUT2D eigenvalue weighted by molar-refractivity contribution is 6.00. The number of ether oxygens (including phenoxy) is 2. The quantitative estimate of drug-likeness (QED) is 0.811. The second-order valence-electron chi connectivity index (χ2n) is 6.35. The first kappa shape index (κ1) is 19.3. The number of anilines is 1. The van der Waals surface area contributed by atoms with Gasteiger partial charge in [0.05, 0.1) is 26.7 Å². The van der Waals surface area contributed by atoms with E-state index in [-0.39, 0.29) is 30.7 Å². The van der Waals surface area contributed by atoms with Crippen LogP contribution in [0.1, 0.15) is 12.0 Å². The molecular weight excluding hydrogens is 356 g/mol. The molecule has 1 unspecified atom stereocenters. The van der Waals surface area contributed by atoms with Crippen LogP contribution < -0.4 is 19.7 Å². The summed E-state index contributed by atoms with van der Waals surface area (Å²) in [5.41, 5.74) is 1.58. The Morgan fingerprint density at radius 2 is 1.89 bits per heavy atom. The first-order valence-electron chi connectivity index (χ1n) is 8.96. The van der Waals surface area contributed by atoms with Crippen LogP contribution in [0.25, 0.3) is 0 Å². The minimum absolute atomic E-state index is 0.0716. The average molecular weight is 378 g/mol. The minimum Gasteiger partial charge on any atom is -0.497 e. The summed E-state index contributed by atoms with van der Waals surface area (Å²) in [6.07, 6.45) is 0.189. The number of hydrogen-bond donors (Lipinski definition) is 1. The monoisotopic (exact) mass is 378 g/mol. The second kappa shape index (κ2) is 8.96. The summed E-state index contributed by atoms with van der Waals surface area (Å²) in [6, 6.07) is 14.6. The number of rotatable bonds is 5. The van der Waals surface area contributed by atoms with Crippen LogP contribution in [0.4, 0.5) is 5.69 Å². The van der Waals surface area contributed by atoms with Gasteiger partial charge in [0.1, 0.15) is 11.5 Å². The van der Waals surface area contributed by atoms with Crippen molar-refractivity contribution in [1.82, 2.24) is 5.32 Å². The number of carbonyl (C=O) groups is 2. The molecule has 0 aromatic heterocycles. The SMILES string of the molecule is COc1ccc(C#CCNC(=O)C2CC(=O)N(c3cccc(OC)c3)C2)cc1. The maximum absolute atomic E-state index is 12.4. The highest BCUT2D eigenvalue weighted by Gasteiger charge is 2.35. The molecule has 0 aliphatic carbocycles. The molecule has 2 amide bonds. The standard InChI is InChI=1S/C22H22N2O4/c1-27-19-10-8-16(9-11-19)5-4-12-23-22(26)17-13-21(25)24(15-17)18-6-3-7-20(14-18)28-2/h3,6-11,14,17H,12-13,15H2,1-2H3,(H,23,26). The van der Waals surface area contributed by atoms with Crippen molar-refractivity contribution in [2.45, 2.75) is 6.42 Å². The highest BCUT2D eigenvalue weighted by atomic mass is 16.5. The Kier molecular flexibility index (Phi) is 6.18. The molecule has 1 aliphatic rings. The van der Waals surface area contributed by atoms with Crippen LogP contribution in [0, 0.1) is 17.8 Å². The van der Waals surface area contributed by atoms with Gasteiger partial charge in [0.25, 0.3) is 0 Å². The van der Waals surface area contributed by atoms with Crippen LogP contribution >= 0.6 is 0 Å². The van der Waals surface area contributed by atoms with E-state index in [1.807, 2.05) is 42.5 Å². The van der Waals surface area contributed by atoms with Crippen LogP contribution in [-0.2, 0) is 9.59 Å². The van der Waals surface area contributed by atoms with E-state index in [9.17, 15) is 9.59 Å². The maximum Gasteiger partial charge on any atom is 0.227 e. The van der Waals surface area contributed by atoms with Crippen LogP contribution in [0.5, 0.6) is 11.5 Å². The van der Waals surface area contributed by atoms with E-state index in [1.54, 1.807) is 25.2 Å². The first-order valence-corrected chi connectivity index (χ1v) is 8.96. The molecule has 0 radical (unpaired) electrons. The third-order valence-electron chi connectivity index (χ3n) is 4.53. The van der Waals surface area contributed by atoms with Gasteiger partial charge in [-0.3, -0.25) is 9.59 Å². The van der Waals surface area contributed by atoms with E-state index >= 15 is 0 Å². The summed E-state index contributed by atoms with van der Waals surface area (Å²) in [7, 11) is 3.19. The van der Waals surface area contributed by atoms with Crippen LogP contribution in [0.2, 0.25) is 0 Å². The van der Waals surface area contributed by atoms with E-state index in [2.05, 4.69) is 17.2 Å². The van der Waals surface area contributed by atoms with Gasteiger partial charge in [-0.05, 0) is 36.4 Å². The summed E-state index contributed by atoms with van der Waals surface area (Å²) in [4.78, 5) is 26.3. The van der Waals surface area contributed by atoms with E-state index in [0.717, 1.165) is 17.0 Å². The summed E-state index contributed by atoms with van der Waals surface area (Å²) >= 11 is 0. The Labute approximate surface area is 164 Å². The molecule has 1 fully saturated rings. The zero-order valence-electron chi connectivity index (χ0n) is 15.9. The van der Waals surface area contributed by atoms with Gasteiger partial charge in [0, 0.05) is 30.3 Å². The number of benzene rings is 2. The number of carbonyl (C=O) groups excluding carboxylic acids is 2. The van der Waals surface area contributed by atoms with Crippen molar-refractivity contribution < 1.29 is 19.1 Å². The molecule has 6 nitrogen and oxygen atoms in total. The fraction of sp³-hybridized carbons (Fsp3) is 0.273. The predicted octanol–water partition coefficient (Wildman–Crippen LogP) is 2.22. The molecule has 144 valence electrons. The second-order valence-corrected chi connectivity index (χ2v) is 6.35. The Morgan fingerprint density at radius 3 is 2.61 bits per heavy atom. The van der Waals surface area contributed by atoms with Crippen molar-refractivity contribution in [3.05, 3.63) is 54.1 Å². The summed E-state index contributed by atoms with van der Waals surface area (Å²) < 4.78 is 10.3. The van der Waals surface area contributed by atoms with Gasteiger partial charge in [-0.25, -0.2) is 0 Å². The van der Waals surface area contributed by atoms with E-state index in [0.29, 0.717) is 12.3 Å². The number of nitrogens with one attached hydrogen (secondary N) is 1. The fourth-order valence-electron chi connectivity index (χ4n) is 3.01. The smallest absolute Gasteiger partial charge is 0.227 e. The first-order chi connectivity index (χ1) is 13.6. The highest BCUT2D eigenvalue weighted by Crippen LogP contribution is 2.27. The topological polar surface area (TPSA) is 67.9 Å². The van der Waals surface area contributed by atoms with Gasteiger partial charge in [-0.2, -0.15) is 0 Å². The molecule has 1 atom stereocenters. The average Bonchev–Trinajstić information content (AvgIpc) is 3.13. The van der Waals surface area contributed by atoms with Gasteiger partial charge in [0.2, 0.25) is 11.8 Å². The van der Waals surface area contributed by atoms with E-state index in [4.69, 9.17) is 9.47 Å². The molecule has 1 saturated heterocycles. The number of nitrogens with zero attached hydrogens (tertiary/aromatic N) is 1. The molecule has 0 bridgehead atoms. The molecule has 0 spiro atoms. The van der Waals surface area contributed by atoms with E-state index < -0.39 is 0 Å². The molecule has 1 heterocycles. The molecule has 28 heavy (non-hydrogen) atoms. The van der Waals surface area contributed by atoms with Gasteiger partial charge < -0.3 is 19.7 Å². The van der Waals surface area contributed by atoms with Crippen molar-refractivity contribution in [3.63, 3.8) is 0 Å². The van der Waals surface area contributed by atoms with Crippen molar-refractivity contribution in [3.8, 4) is 23.3 Å². The van der Waals surface area contributed by atoms with Crippen LogP contribution in [-0.4, -0.2) is 39.1 Å². The zero-order valence-corrected chi connectivity index (χ0v) is 15.9. The lowest BCUT2D eigenvalue weighted by atomic mass is 10.1. The predicted molar refractivity (Wildman–Crippen MR) is 106 cm³/mol. The van der Waals surface area contributed by atoms with E-state index in [1.165, 1.54) is 0 Å². The normalized spacial score (nSPS) is 15.6. The summed E-state index contributed by atoms with van der Waals surface area (Å²) in [6.45, 7) is 0.582. The lowest BCUT2D eigenvalue weighted by Gasteiger charge is -2.17. The summed E-state index contributed by atoms with van der Waals surface area (Å²) in [5, 5.41) is 2.79. The molecule has 0 saturated carbocycles. The van der Waals surface area contributed by atoms with Gasteiger partial charge in [-0.15, -0.1) is 0 Å². The lowest BCUT2D eigenvalue weighted by molar-refractivity contribution is -0.126. The number of hydrogen-bond acceptors (Lipinski definition) is 4. The van der Waals surface area contributed by atoms with Gasteiger partial charge >= 0.3 is 0 Å². The third-order valence-corrected chi connectivity index (χ3v) is 4.53. The summed E-state index contributed by atoms with van der Waals surface area (Å²) in [5.74, 6) is 6.73. The largest absolute Gasteiger partial charge is 0.497 e. The number of methoxy groups -OCH3 is 2. The maximum atomic E-state index is 12.4. The van der Waals surface area contributed by atoms with Crippen molar-refractivity contribution >= 4 is 17.5 Å². The lowest BCUT2D eigenvalue weighted by Crippen LogP contribution is -2.33. The van der Waals surface area contributed by atoms with Crippen molar-refractivity contribution in [2.75, 3.05) is 32.2 Å². The molecule has 3 rings (SSSR count). The Balaban J connectivity index is 1.54. The Bertz CT molecular complexity index is 912. The van der Waals surface area contributed by atoms with Crippen LogP contribution in [0.3, 0.4) is 0 Å². The molecule has 1 N–H and O–H groups in total. The number of amides is 2. The Hall–Kier alpha value is -3.46. The van der Waals surface area contributed by atoms with Crippen molar-refractivity contribution in [1.29, 1.82) is 0 Å². The molecule has 2 aromatic rings. The molecule has 1 aliphatic heterocycles. The van der Waals surface area contributed by atoms with Gasteiger partial charge in [0.15, 0.2) is 0 Å².